The van der Waals surface area contributed by atoms with Crippen LogP contribution >= 0.6 is 0 Å². The smallest absolute Gasteiger partial charge is 0.354 e. The minimum absolute atomic E-state index is 0.00202. The highest BCUT2D eigenvalue weighted by Crippen LogP contribution is 2.42. The molecule has 0 radical (unpaired) electrons. The lowest BCUT2D eigenvalue weighted by Crippen LogP contribution is -2.63. The molecule has 1 aromatic heterocycles. The van der Waals surface area contributed by atoms with Crippen LogP contribution in [0.2, 0.25) is 0 Å². The number of aromatic nitrogens is 1. The molecule has 1 saturated heterocycles. The summed E-state index contributed by atoms with van der Waals surface area (Å²) in [4.78, 5) is 28.3. The van der Waals surface area contributed by atoms with E-state index in [0.717, 1.165) is 36.5 Å². The minimum atomic E-state index is -0.302. The predicted octanol–water partition coefficient (Wildman–Crippen LogP) is 2.03. The van der Waals surface area contributed by atoms with Crippen LogP contribution in [0.25, 0.3) is 0 Å². The number of carbonyl (C=O) groups is 2. The van der Waals surface area contributed by atoms with Gasteiger partial charge in [0.25, 0.3) is 5.91 Å². The summed E-state index contributed by atoms with van der Waals surface area (Å²) in [5.41, 5.74) is 4.45. The van der Waals surface area contributed by atoms with Gasteiger partial charge in [-0.1, -0.05) is 12.1 Å². The van der Waals surface area contributed by atoms with Gasteiger partial charge >= 0.3 is 5.97 Å². The predicted molar refractivity (Wildman–Crippen MR) is 108 cm³/mol. The van der Waals surface area contributed by atoms with Gasteiger partial charge in [0.2, 0.25) is 0 Å². The van der Waals surface area contributed by atoms with Crippen LogP contribution in [0.1, 0.15) is 37.7 Å². The van der Waals surface area contributed by atoms with Crippen LogP contribution < -0.4 is 0 Å². The maximum absolute atomic E-state index is 12.2. The van der Waals surface area contributed by atoms with Crippen LogP contribution in [0.3, 0.4) is 0 Å². The van der Waals surface area contributed by atoms with Crippen molar-refractivity contribution in [3.05, 3.63) is 58.4 Å². The van der Waals surface area contributed by atoms with E-state index in [1.54, 1.807) is 19.0 Å². The van der Waals surface area contributed by atoms with Gasteiger partial charge < -0.3 is 18.9 Å². The lowest BCUT2D eigenvalue weighted by Gasteiger charge is -2.53. The van der Waals surface area contributed by atoms with E-state index in [2.05, 4.69) is 9.47 Å². The first-order chi connectivity index (χ1) is 13.9. The Kier molecular flexibility index (Phi) is 4.96. The molecule has 0 N–H and O–H groups in total. The van der Waals surface area contributed by atoms with Crippen molar-refractivity contribution in [3.8, 4) is 0 Å². The number of carbonyl (C=O) groups excluding carboxylic acids is 2. The number of amides is 1. The Balaban J connectivity index is 1.61. The fourth-order valence-corrected chi connectivity index (χ4v) is 4.47. The minimum Gasteiger partial charge on any atom is -0.464 e. The molecular formula is C22H27N3O4. The molecule has 7 nitrogen and oxygen atoms in total. The van der Waals surface area contributed by atoms with E-state index in [9.17, 15) is 9.59 Å². The van der Waals surface area contributed by atoms with Gasteiger partial charge in [0, 0.05) is 45.0 Å². The zero-order chi connectivity index (χ0) is 20.8. The van der Waals surface area contributed by atoms with E-state index in [-0.39, 0.29) is 17.4 Å². The summed E-state index contributed by atoms with van der Waals surface area (Å²) in [5.74, 6) is -0.300. The topological polar surface area (TPSA) is 64.0 Å². The molecule has 2 aromatic rings. The Bertz CT molecular complexity index is 942. The molecule has 1 aromatic carbocycles. The quantitative estimate of drug-likeness (QED) is 0.739. The zero-order valence-corrected chi connectivity index (χ0v) is 17.4. The summed E-state index contributed by atoms with van der Waals surface area (Å²) in [7, 11) is 4.92. The number of hydrogen-bond acceptors (Lipinski definition) is 5. The second kappa shape index (κ2) is 7.31. The van der Waals surface area contributed by atoms with Gasteiger partial charge in [-0.3, -0.25) is 9.69 Å². The maximum atomic E-state index is 12.2. The molecule has 1 spiro atoms. The van der Waals surface area contributed by atoms with Crippen molar-refractivity contribution in [2.75, 3.05) is 41.0 Å². The molecular weight excluding hydrogens is 370 g/mol. The van der Waals surface area contributed by atoms with Crippen LogP contribution in [0, 0.1) is 6.92 Å². The van der Waals surface area contributed by atoms with Crippen LogP contribution in [-0.4, -0.2) is 67.2 Å². The third-order valence-corrected chi connectivity index (χ3v) is 5.98. The molecule has 2 aliphatic heterocycles. The van der Waals surface area contributed by atoms with Gasteiger partial charge in [-0.25, -0.2) is 4.79 Å². The molecule has 1 amide bonds. The van der Waals surface area contributed by atoms with Crippen molar-refractivity contribution in [1.82, 2.24) is 14.4 Å². The third kappa shape index (κ3) is 3.14. The third-order valence-electron chi connectivity index (χ3n) is 5.98. The number of ether oxygens (including phenoxy) is 2. The number of esters is 1. The van der Waals surface area contributed by atoms with Crippen molar-refractivity contribution in [2.45, 2.75) is 25.6 Å². The Morgan fingerprint density at radius 1 is 1.17 bits per heavy atom. The molecule has 154 valence electrons. The van der Waals surface area contributed by atoms with Crippen molar-refractivity contribution >= 4 is 11.9 Å². The number of fused-ring (bicyclic) bond motifs is 2. The number of methoxy groups -OCH3 is 1. The van der Waals surface area contributed by atoms with Crippen molar-refractivity contribution < 1.29 is 19.1 Å². The molecule has 3 heterocycles. The van der Waals surface area contributed by atoms with Crippen molar-refractivity contribution in [1.29, 1.82) is 0 Å². The summed E-state index contributed by atoms with van der Waals surface area (Å²) < 4.78 is 12.7. The van der Waals surface area contributed by atoms with E-state index in [0.29, 0.717) is 24.5 Å². The SMILES string of the molecule is COC(=O)c1cc(C)c2n1CCN(Cc1ccc(C(=O)N(C)C)cc1)C21COC1. The molecule has 0 aliphatic carbocycles. The monoisotopic (exact) mass is 397 g/mol. The average molecular weight is 397 g/mol. The summed E-state index contributed by atoms with van der Waals surface area (Å²) in [6.45, 7) is 5.56. The molecule has 4 rings (SSSR count). The maximum Gasteiger partial charge on any atom is 0.354 e. The highest BCUT2D eigenvalue weighted by Gasteiger charge is 2.51. The number of aryl methyl sites for hydroxylation is 1. The Morgan fingerprint density at radius 3 is 2.41 bits per heavy atom. The Labute approximate surface area is 170 Å². The first kappa shape index (κ1) is 19.7. The summed E-state index contributed by atoms with van der Waals surface area (Å²) in [6.07, 6.45) is 0. The van der Waals surface area contributed by atoms with Gasteiger partial charge in [0.1, 0.15) is 11.2 Å². The van der Waals surface area contributed by atoms with E-state index in [1.807, 2.05) is 37.3 Å². The molecule has 2 aliphatic rings. The highest BCUT2D eigenvalue weighted by atomic mass is 16.5. The van der Waals surface area contributed by atoms with E-state index >= 15 is 0 Å². The number of nitrogens with zero attached hydrogens (tertiary/aromatic N) is 3. The standard InChI is InChI=1S/C22H27N3O4/c1-15-11-18(21(27)28-4)25-10-9-24(22(19(15)25)13-29-14-22)12-16-5-7-17(8-6-16)20(26)23(2)3/h5-8,11H,9-10,12-14H2,1-4H3. The zero-order valence-electron chi connectivity index (χ0n) is 17.4. The molecule has 29 heavy (non-hydrogen) atoms. The summed E-state index contributed by atoms with van der Waals surface area (Å²) >= 11 is 0. The summed E-state index contributed by atoms with van der Waals surface area (Å²) in [6, 6.07) is 9.73. The van der Waals surface area contributed by atoms with Gasteiger partial charge in [0.05, 0.1) is 20.3 Å². The molecule has 0 atom stereocenters. The van der Waals surface area contributed by atoms with E-state index < -0.39 is 0 Å². The Hall–Kier alpha value is -2.64. The Morgan fingerprint density at radius 2 is 1.86 bits per heavy atom. The lowest BCUT2D eigenvalue weighted by atomic mass is 9.86. The largest absolute Gasteiger partial charge is 0.464 e. The fraction of sp³-hybridized carbons (Fsp3) is 0.455. The van der Waals surface area contributed by atoms with E-state index in [4.69, 9.17) is 9.47 Å². The second-order valence-electron chi connectivity index (χ2n) is 8.05. The van der Waals surface area contributed by atoms with Crippen LogP contribution in [0.5, 0.6) is 0 Å². The first-order valence-corrected chi connectivity index (χ1v) is 9.79. The first-order valence-electron chi connectivity index (χ1n) is 9.79. The number of benzene rings is 1. The van der Waals surface area contributed by atoms with Gasteiger partial charge in [-0.15, -0.1) is 0 Å². The fourth-order valence-electron chi connectivity index (χ4n) is 4.47. The lowest BCUT2D eigenvalue weighted by molar-refractivity contribution is -0.163. The van der Waals surface area contributed by atoms with Gasteiger partial charge in [0.15, 0.2) is 0 Å². The van der Waals surface area contributed by atoms with Crippen LogP contribution in [0.4, 0.5) is 0 Å². The highest BCUT2D eigenvalue weighted by molar-refractivity contribution is 5.93. The van der Waals surface area contributed by atoms with Crippen LogP contribution in [-0.2, 0) is 28.1 Å². The van der Waals surface area contributed by atoms with Crippen LogP contribution in [0.15, 0.2) is 30.3 Å². The average Bonchev–Trinajstić information content (AvgIpc) is 3.03. The molecule has 0 bridgehead atoms. The second-order valence-corrected chi connectivity index (χ2v) is 8.05. The van der Waals surface area contributed by atoms with Crippen molar-refractivity contribution in [3.63, 3.8) is 0 Å². The molecule has 0 unspecified atom stereocenters. The van der Waals surface area contributed by atoms with E-state index in [1.165, 1.54) is 7.11 Å². The molecule has 7 heteroatoms. The summed E-state index contributed by atoms with van der Waals surface area (Å²) in [5, 5.41) is 0. The normalized spacial score (nSPS) is 17.5. The van der Waals surface area contributed by atoms with Gasteiger partial charge in [-0.2, -0.15) is 0 Å². The number of rotatable bonds is 4. The molecule has 0 saturated carbocycles. The number of hydrogen-bond donors (Lipinski definition) is 0. The van der Waals surface area contributed by atoms with Gasteiger partial charge in [-0.05, 0) is 36.2 Å². The molecule has 1 fully saturated rings. The van der Waals surface area contributed by atoms with Crippen molar-refractivity contribution in [2.24, 2.45) is 0 Å².